The lowest BCUT2D eigenvalue weighted by Gasteiger charge is -2.27. The largest absolute Gasteiger partial charge is 0.435 e. The third-order valence-corrected chi connectivity index (χ3v) is 11.7. The van der Waals surface area contributed by atoms with Gasteiger partial charge in [-0.3, -0.25) is 9.55 Å². The van der Waals surface area contributed by atoms with Crippen LogP contribution in [0.25, 0.3) is 61.0 Å². The van der Waals surface area contributed by atoms with Crippen LogP contribution in [-0.2, 0) is 12.8 Å². The van der Waals surface area contributed by atoms with Crippen LogP contribution >= 0.6 is 0 Å². The van der Waals surface area contributed by atoms with Crippen molar-refractivity contribution in [3.8, 4) is 28.6 Å². The van der Waals surface area contributed by atoms with Gasteiger partial charge in [-0.25, -0.2) is 4.98 Å². The molecule has 6 heteroatoms. The van der Waals surface area contributed by atoms with E-state index in [0.717, 1.165) is 80.0 Å². The van der Waals surface area contributed by atoms with Gasteiger partial charge in [0.2, 0.25) is 11.6 Å². The van der Waals surface area contributed by atoms with Crippen molar-refractivity contribution in [1.82, 2.24) is 19.5 Å². The molecule has 8 aromatic rings. The first kappa shape index (κ1) is 30.3. The van der Waals surface area contributed by atoms with E-state index >= 15 is 0 Å². The van der Waals surface area contributed by atoms with Gasteiger partial charge in [0, 0.05) is 50.8 Å². The Morgan fingerprint density at radius 3 is 2.43 bits per heavy atom. The van der Waals surface area contributed by atoms with Crippen molar-refractivity contribution in [2.24, 2.45) is 11.8 Å². The Morgan fingerprint density at radius 1 is 0.706 bits per heavy atom. The van der Waals surface area contributed by atoms with E-state index in [9.17, 15) is 0 Å². The number of pyridine rings is 3. The summed E-state index contributed by atoms with van der Waals surface area (Å²) < 4.78 is 15.4. The molecule has 5 aromatic heterocycles. The zero-order valence-corrected chi connectivity index (χ0v) is 29.4. The van der Waals surface area contributed by atoms with Crippen molar-refractivity contribution >= 4 is 44.0 Å². The highest BCUT2D eigenvalue weighted by Gasteiger charge is 2.30. The van der Waals surface area contributed by atoms with Gasteiger partial charge < -0.3 is 9.15 Å². The smallest absolute Gasteiger partial charge is 0.227 e. The minimum Gasteiger partial charge on any atom is -0.435 e. The van der Waals surface area contributed by atoms with Crippen LogP contribution in [0.15, 0.2) is 95.5 Å². The van der Waals surface area contributed by atoms with Gasteiger partial charge in [0.05, 0.1) is 11.2 Å². The van der Waals surface area contributed by atoms with E-state index in [1.807, 2.05) is 19.1 Å². The second-order valence-corrected chi connectivity index (χ2v) is 14.9. The normalized spacial score (nSPS) is 16.5. The maximum Gasteiger partial charge on any atom is 0.227 e. The molecule has 3 aromatic carbocycles. The summed E-state index contributed by atoms with van der Waals surface area (Å²) in [5.74, 6) is 2.68. The molecule has 0 aliphatic heterocycles. The first-order valence-corrected chi connectivity index (χ1v) is 18.4. The van der Waals surface area contributed by atoms with Crippen molar-refractivity contribution in [2.45, 2.75) is 65.7 Å². The number of para-hydroxylation sites is 1. The highest BCUT2D eigenvalue weighted by atomic mass is 16.5. The number of rotatable bonds is 5. The van der Waals surface area contributed by atoms with Crippen molar-refractivity contribution in [3.05, 3.63) is 119 Å². The molecule has 51 heavy (non-hydrogen) atoms. The predicted molar refractivity (Wildman–Crippen MR) is 205 cm³/mol. The summed E-state index contributed by atoms with van der Waals surface area (Å²) >= 11 is 0. The third kappa shape index (κ3) is 5.11. The number of ether oxygens (including phenoxy) is 1. The lowest BCUT2D eigenvalue weighted by Crippen LogP contribution is -2.18. The molecule has 0 radical (unpaired) electrons. The first-order chi connectivity index (χ1) is 25.0. The Hall–Kier alpha value is -5.49. The van der Waals surface area contributed by atoms with Crippen LogP contribution in [-0.4, -0.2) is 19.5 Å². The van der Waals surface area contributed by atoms with Crippen molar-refractivity contribution in [3.63, 3.8) is 0 Å². The average molecular weight is 669 g/mol. The Balaban J connectivity index is 1.10. The van der Waals surface area contributed by atoms with E-state index in [1.165, 1.54) is 54.4 Å². The summed E-state index contributed by atoms with van der Waals surface area (Å²) in [6, 6.07) is 29.8. The standard InChI is InChI=1S/C45H40N4O2/c1-26-13-15-34(19-27(26)2)49-40-12-8-7-11-35(40)36-17-18-42(48-44(36)49)50-41-24-32(22-38-37-16-14-28(3)47-45(37)51-43(38)41)39-23-31-20-30(21-33(31)25-46-39)29-9-5-4-6-10-29/h7-8,11-19,22-25,29-30H,4-6,9-10,20-21H2,1-3H3. The number of nitrogens with zero attached hydrogens (tertiary/aromatic N) is 4. The fourth-order valence-corrected chi connectivity index (χ4v) is 8.79. The minimum atomic E-state index is 0.496. The van der Waals surface area contributed by atoms with Crippen molar-refractivity contribution < 1.29 is 9.15 Å². The number of aromatic nitrogens is 4. The van der Waals surface area contributed by atoms with Gasteiger partial charge in [0.1, 0.15) is 5.65 Å². The highest BCUT2D eigenvalue weighted by molar-refractivity contribution is 6.09. The highest BCUT2D eigenvalue weighted by Crippen LogP contribution is 2.43. The number of furan rings is 1. The fourth-order valence-electron chi connectivity index (χ4n) is 8.79. The van der Waals surface area contributed by atoms with E-state index in [2.05, 4.69) is 97.4 Å². The summed E-state index contributed by atoms with van der Waals surface area (Å²) in [7, 11) is 0. The molecule has 252 valence electrons. The van der Waals surface area contributed by atoms with Crippen LogP contribution in [0.5, 0.6) is 11.6 Å². The lowest BCUT2D eigenvalue weighted by atomic mass is 9.79. The Morgan fingerprint density at radius 2 is 1.55 bits per heavy atom. The molecule has 1 atom stereocenters. The Labute approximate surface area is 297 Å². The summed E-state index contributed by atoms with van der Waals surface area (Å²) in [6.07, 6.45) is 11.3. The Bertz CT molecular complexity index is 2660. The predicted octanol–water partition coefficient (Wildman–Crippen LogP) is 11.5. The molecule has 5 heterocycles. The molecule has 0 saturated heterocycles. The Kier molecular flexibility index (Phi) is 7.02. The molecule has 2 aliphatic carbocycles. The molecule has 0 spiro atoms. The fraction of sp³-hybridized carbons (Fsp3) is 0.267. The summed E-state index contributed by atoms with van der Waals surface area (Å²) in [6.45, 7) is 6.28. The van der Waals surface area contributed by atoms with Crippen LogP contribution in [0, 0.1) is 32.6 Å². The topological polar surface area (TPSA) is 66.0 Å². The minimum absolute atomic E-state index is 0.496. The van der Waals surface area contributed by atoms with Crippen LogP contribution < -0.4 is 4.74 Å². The van der Waals surface area contributed by atoms with Crippen LogP contribution in [0.3, 0.4) is 0 Å². The van der Waals surface area contributed by atoms with Gasteiger partial charge in [0.25, 0.3) is 0 Å². The molecule has 10 rings (SSSR count). The number of aryl methyl sites for hydroxylation is 3. The molecule has 1 unspecified atom stereocenters. The monoisotopic (exact) mass is 668 g/mol. The summed E-state index contributed by atoms with van der Waals surface area (Å²) in [4.78, 5) is 14.9. The van der Waals surface area contributed by atoms with E-state index in [4.69, 9.17) is 24.1 Å². The molecule has 2 aliphatic rings. The van der Waals surface area contributed by atoms with Gasteiger partial charge in [-0.1, -0.05) is 56.4 Å². The quantitative estimate of drug-likeness (QED) is 0.183. The second kappa shape index (κ2) is 11.8. The molecule has 1 saturated carbocycles. The van der Waals surface area contributed by atoms with Gasteiger partial charge in [-0.15, -0.1) is 0 Å². The number of benzene rings is 3. The van der Waals surface area contributed by atoms with Gasteiger partial charge in [-0.05, 0) is 122 Å². The van der Waals surface area contributed by atoms with Crippen LogP contribution in [0.2, 0.25) is 0 Å². The van der Waals surface area contributed by atoms with E-state index in [1.54, 1.807) is 0 Å². The molecule has 0 N–H and O–H groups in total. The van der Waals surface area contributed by atoms with Gasteiger partial charge >= 0.3 is 0 Å². The van der Waals surface area contributed by atoms with E-state index in [0.29, 0.717) is 22.9 Å². The second-order valence-electron chi connectivity index (χ2n) is 14.9. The summed E-state index contributed by atoms with van der Waals surface area (Å²) in [5.41, 5.74) is 12.5. The van der Waals surface area contributed by atoms with Gasteiger partial charge in [0.15, 0.2) is 11.3 Å². The molecule has 0 bridgehead atoms. The molecular weight excluding hydrogens is 629 g/mol. The lowest BCUT2D eigenvalue weighted by molar-refractivity contribution is 0.255. The van der Waals surface area contributed by atoms with Crippen molar-refractivity contribution in [1.29, 1.82) is 0 Å². The van der Waals surface area contributed by atoms with Gasteiger partial charge in [-0.2, -0.15) is 4.98 Å². The number of hydrogen-bond acceptors (Lipinski definition) is 5. The number of hydrogen-bond donors (Lipinski definition) is 0. The van der Waals surface area contributed by atoms with Crippen LogP contribution in [0.1, 0.15) is 60.1 Å². The zero-order chi connectivity index (χ0) is 34.2. The SMILES string of the molecule is Cc1ccc2c(n1)oc1c(Oc3ccc4c5ccccc5n(-c5ccc(C)c(C)c5)c4n3)cc(-c3cc4c(cn3)CC(C3CCCCC3)C4)cc12. The zero-order valence-electron chi connectivity index (χ0n) is 29.4. The summed E-state index contributed by atoms with van der Waals surface area (Å²) in [5, 5.41) is 4.14. The van der Waals surface area contributed by atoms with Crippen molar-refractivity contribution in [2.75, 3.05) is 0 Å². The first-order valence-electron chi connectivity index (χ1n) is 18.4. The maximum atomic E-state index is 6.77. The van der Waals surface area contributed by atoms with E-state index < -0.39 is 0 Å². The third-order valence-electron chi connectivity index (χ3n) is 11.7. The van der Waals surface area contributed by atoms with Crippen LogP contribution in [0.4, 0.5) is 0 Å². The molecular formula is C45H40N4O2. The number of fused-ring (bicyclic) bond motifs is 7. The molecule has 0 amide bonds. The molecule has 1 fully saturated rings. The molecule has 6 nitrogen and oxygen atoms in total. The maximum absolute atomic E-state index is 6.77. The average Bonchev–Trinajstić information content (AvgIpc) is 3.84. The van der Waals surface area contributed by atoms with E-state index in [-0.39, 0.29) is 0 Å².